The van der Waals surface area contributed by atoms with Crippen molar-refractivity contribution >= 4 is 14.7 Å². The average molecular weight is 359 g/mol. The first-order valence-corrected chi connectivity index (χ1v) is 11.8. The number of hydrogen-bond acceptors (Lipinski definition) is 0. The summed E-state index contributed by atoms with van der Waals surface area (Å²) >= 11 is 0. The Hall–Kier alpha value is -1.86. The smallest absolute Gasteiger partial charge is 0.0752 e. The van der Waals surface area contributed by atoms with E-state index in [9.17, 15) is 0 Å². The molecule has 0 saturated heterocycles. The minimum absolute atomic E-state index is 0.340. The standard InChI is InChI=1S/C25H30Si/c1-4-10-20(11-5-1)16-22-18-23(17-21-12-6-2-7-13-21)25(19-22)26-24-14-8-3-9-15-24/h2-3,6-9,12-15,18,20H,1,4-5,10-11,16-17,19,26H2. The molecule has 0 spiro atoms. The summed E-state index contributed by atoms with van der Waals surface area (Å²) in [5, 5.41) is 3.37. The molecule has 0 aromatic heterocycles. The summed E-state index contributed by atoms with van der Waals surface area (Å²) < 4.78 is 0. The van der Waals surface area contributed by atoms with E-state index in [1.165, 1.54) is 50.5 Å². The molecule has 2 aliphatic carbocycles. The minimum atomic E-state index is -0.340. The van der Waals surface area contributed by atoms with Crippen LogP contribution in [0.15, 0.2) is 83.1 Å². The molecule has 0 heterocycles. The number of hydrogen-bond donors (Lipinski definition) is 0. The first-order valence-electron chi connectivity index (χ1n) is 10.3. The minimum Gasteiger partial charge on any atom is -0.0752 e. The summed E-state index contributed by atoms with van der Waals surface area (Å²) in [5.41, 5.74) is 4.82. The highest BCUT2D eigenvalue weighted by Crippen LogP contribution is 2.35. The molecule has 1 saturated carbocycles. The molecule has 1 heteroatoms. The second-order valence-electron chi connectivity index (χ2n) is 8.14. The lowest BCUT2D eigenvalue weighted by atomic mass is 9.84. The normalized spacial score (nSPS) is 18.7. The summed E-state index contributed by atoms with van der Waals surface area (Å²) in [6.45, 7) is 0. The molecular formula is C25H30Si. The van der Waals surface area contributed by atoms with E-state index >= 15 is 0 Å². The van der Waals surface area contributed by atoms with Gasteiger partial charge >= 0.3 is 0 Å². The fourth-order valence-electron chi connectivity index (χ4n) is 4.69. The number of rotatable bonds is 6. The lowest BCUT2D eigenvalue weighted by Gasteiger charge is -2.22. The third kappa shape index (κ3) is 4.65. The van der Waals surface area contributed by atoms with Gasteiger partial charge in [-0.1, -0.05) is 115 Å². The maximum Gasteiger partial charge on any atom is 0.0832 e. The second kappa shape index (κ2) is 8.68. The van der Waals surface area contributed by atoms with Crippen LogP contribution in [0.2, 0.25) is 0 Å². The predicted molar refractivity (Wildman–Crippen MR) is 116 cm³/mol. The first-order chi connectivity index (χ1) is 12.9. The summed E-state index contributed by atoms with van der Waals surface area (Å²) in [4.78, 5) is 0. The molecule has 4 rings (SSSR count). The van der Waals surface area contributed by atoms with E-state index in [0.29, 0.717) is 0 Å². The first kappa shape index (κ1) is 17.5. The molecule has 1 fully saturated rings. The van der Waals surface area contributed by atoms with E-state index in [0.717, 1.165) is 12.3 Å². The Morgan fingerprint density at radius 3 is 2.23 bits per heavy atom. The Morgan fingerprint density at radius 2 is 1.50 bits per heavy atom. The molecule has 0 amide bonds. The van der Waals surface area contributed by atoms with Crippen LogP contribution in [0.3, 0.4) is 0 Å². The molecule has 26 heavy (non-hydrogen) atoms. The Balaban J connectivity index is 1.51. The summed E-state index contributed by atoms with van der Waals surface area (Å²) in [6, 6.07) is 22.2. The molecule has 2 aromatic rings. The van der Waals surface area contributed by atoms with Gasteiger partial charge in [0.05, 0.1) is 9.52 Å². The molecule has 0 aliphatic heterocycles. The largest absolute Gasteiger partial charge is 0.0832 e. The quantitative estimate of drug-likeness (QED) is 0.616. The summed E-state index contributed by atoms with van der Waals surface area (Å²) in [6.07, 6.45) is 13.6. The zero-order chi connectivity index (χ0) is 17.6. The molecule has 0 bridgehead atoms. The zero-order valence-corrected chi connectivity index (χ0v) is 17.2. The highest BCUT2D eigenvalue weighted by molar-refractivity contribution is 6.61. The van der Waals surface area contributed by atoms with Crippen molar-refractivity contribution in [2.75, 3.05) is 0 Å². The third-order valence-corrected chi connectivity index (χ3v) is 8.06. The highest BCUT2D eigenvalue weighted by atomic mass is 28.2. The van der Waals surface area contributed by atoms with Crippen LogP contribution < -0.4 is 5.19 Å². The molecule has 2 aliphatic rings. The maximum atomic E-state index is 2.59. The van der Waals surface area contributed by atoms with Crippen molar-refractivity contribution in [1.29, 1.82) is 0 Å². The summed E-state index contributed by atoms with van der Waals surface area (Å²) in [7, 11) is -0.340. The fourth-order valence-corrected chi connectivity index (χ4v) is 6.59. The average Bonchev–Trinajstić information content (AvgIpc) is 3.05. The molecule has 2 aromatic carbocycles. The van der Waals surface area contributed by atoms with Crippen LogP contribution >= 0.6 is 0 Å². The van der Waals surface area contributed by atoms with Crippen molar-refractivity contribution in [3.8, 4) is 0 Å². The second-order valence-corrected chi connectivity index (χ2v) is 10.2. The van der Waals surface area contributed by atoms with Crippen LogP contribution in [0.1, 0.15) is 50.5 Å². The van der Waals surface area contributed by atoms with Crippen LogP contribution in [-0.4, -0.2) is 9.52 Å². The van der Waals surface area contributed by atoms with E-state index in [-0.39, 0.29) is 9.52 Å². The maximum absolute atomic E-state index is 2.59. The lowest BCUT2D eigenvalue weighted by molar-refractivity contribution is 0.355. The Bertz CT molecular complexity index is 764. The highest BCUT2D eigenvalue weighted by Gasteiger charge is 2.21. The molecule has 134 valence electrons. The van der Waals surface area contributed by atoms with Crippen LogP contribution in [-0.2, 0) is 6.42 Å². The fraction of sp³-hybridized carbons (Fsp3) is 0.360. The molecule has 0 nitrogen and oxygen atoms in total. The van der Waals surface area contributed by atoms with Crippen LogP contribution in [0.25, 0.3) is 0 Å². The monoisotopic (exact) mass is 358 g/mol. The Kier molecular flexibility index (Phi) is 5.86. The van der Waals surface area contributed by atoms with Crippen molar-refractivity contribution < 1.29 is 0 Å². The SMILES string of the molecule is C1=C(CC2CCCCC2)CC([SiH2]c2ccccc2)=C1Cc1ccccc1. The molecule has 0 unspecified atom stereocenters. The van der Waals surface area contributed by atoms with Crippen molar-refractivity contribution in [3.05, 3.63) is 88.6 Å². The molecule has 0 radical (unpaired) electrons. The van der Waals surface area contributed by atoms with Gasteiger partial charge in [0.25, 0.3) is 0 Å². The van der Waals surface area contributed by atoms with Crippen LogP contribution in [0.5, 0.6) is 0 Å². The number of allylic oxidation sites excluding steroid dienone is 4. The van der Waals surface area contributed by atoms with Crippen LogP contribution in [0, 0.1) is 5.92 Å². The van der Waals surface area contributed by atoms with Gasteiger partial charge in [-0.3, -0.25) is 0 Å². The van der Waals surface area contributed by atoms with Crippen molar-refractivity contribution in [1.82, 2.24) is 0 Å². The Labute approximate surface area is 160 Å². The molecule has 0 atom stereocenters. The number of benzene rings is 2. The van der Waals surface area contributed by atoms with Gasteiger partial charge in [0.15, 0.2) is 0 Å². The summed E-state index contributed by atoms with van der Waals surface area (Å²) in [5.74, 6) is 0.950. The van der Waals surface area contributed by atoms with Crippen LogP contribution in [0.4, 0.5) is 0 Å². The van der Waals surface area contributed by atoms with Gasteiger partial charge in [0, 0.05) is 0 Å². The van der Waals surface area contributed by atoms with E-state index in [2.05, 4.69) is 66.7 Å². The van der Waals surface area contributed by atoms with Gasteiger partial charge in [0.2, 0.25) is 0 Å². The van der Waals surface area contributed by atoms with E-state index in [1.807, 2.05) is 0 Å². The predicted octanol–water partition coefficient (Wildman–Crippen LogP) is 5.28. The third-order valence-electron chi connectivity index (χ3n) is 6.05. The zero-order valence-electron chi connectivity index (χ0n) is 15.8. The van der Waals surface area contributed by atoms with Gasteiger partial charge in [-0.25, -0.2) is 0 Å². The Morgan fingerprint density at radius 1 is 0.808 bits per heavy atom. The lowest BCUT2D eigenvalue weighted by Crippen LogP contribution is -2.16. The van der Waals surface area contributed by atoms with Crippen molar-refractivity contribution in [2.24, 2.45) is 5.92 Å². The van der Waals surface area contributed by atoms with E-state index in [1.54, 1.807) is 21.5 Å². The van der Waals surface area contributed by atoms with Crippen molar-refractivity contribution in [2.45, 2.75) is 51.4 Å². The molecular weight excluding hydrogens is 328 g/mol. The van der Waals surface area contributed by atoms with Gasteiger partial charge < -0.3 is 0 Å². The van der Waals surface area contributed by atoms with Crippen molar-refractivity contribution in [3.63, 3.8) is 0 Å². The van der Waals surface area contributed by atoms with E-state index < -0.39 is 0 Å². The topological polar surface area (TPSA) is 0 Å². The van der Waals surface area contributed by atoms with Gasteiger partial charge in [-0.15, -0.1) is 0 Å². The van der Waals surface area contributed by atoms with E-state index in [4.69, 9.17) is 0 Å². The van der Waals surface area contributed by atoms with Gasteiger partial charge in [-0.05, 0) is 36.3 Å². The van der Waals surface area contributed by atoms with Gasteiger partial charge in [-0.2, -0.15) is 0 Å². The van der Waals surface area contributed by atoms with Gasteiger partial charge in [0.1, 0.15) is 0 Å². The molecule has 0 N–H and O–H groups in total.